The number of fused-ring (bicyclic) bond motifs is 8. The zero-order valence-electron chi connectivity index (χ0n) is 36.5. The number of nitrogens with zero attached hydrogens (tertiary/aromatic N) is 4. The fraction of sp³-hybridized carbons (Fsp3) is 0.207. The van der Waals surface area contributed by atoms with Gasteiger partial charge >= 0.3 is 0 Å². The summed E-state index contributed by atoms with van der Waals surface area (Å²) in [5.41, 5.74) is 21.6. The molecule has 6 aromatic carbocycles. The molecule has 4 heterocycles. The van der Waals surface area contributed by atoms with Gasteiger partial charge in [-0.2, -0.15) is 0 Å². The van der Waals surface area contributed by atoms with E-state index in [-0.39, 0.29) is 10.8 Å². The first kappa shape index (κ1) is 37.0. The maximum Gasteiger partial charge on any atom is 0.137 e. The molecule has 302 valence electrons. The third-order valence-electron chi connectivity index (χ3n) is 13.9. The Morgan fingerprint density at radius 3 is 1.18 bits per heavy atom. The Labute approximate surface area is 363 Å². The normalized spacial score (nSPS) is 13.7. The highest BCUT2D eigenvalue weighted by molar-refractivity contribution is 6.16. The average Bonchev–Trinajstić information content (AvgIpc) is 3.80. The summed E-state index contributed by atoms with van der Waals surface area (Å²) in [6.07, 6.45) is 7.79. The van der Waals surface area contributed by atoms with Crippen molar-refractivity contribution in [3.05, 3.63) is 179 Å². The van der Waals surface area contributed by atoms with Crippen molar-refractivity contribution in [1.82, 2.24) is 19.1 Å². The van der Waals surface area contributed by atoms with Gasteiger partial charge in [0, 0.05) is 33.9 Å². The molecule has 0 saturated heterocycles. The number of hydrogen-bond acceptors (Lipinski definition) is 2. The van der Waals surface area contributed by atoms with Crippen LogP contribution in [0.5, 0.6) is 0 Å². The van der Waals surface area contributed by atoms with Crippen molar-refractivity contribution >= 4 is 43.6 Å². The van der Waals surface area contributed by atoms with Crippen LogP contribution < -0.4 is 0 Å². The van der Waals surface area contributed by atoms with Crippen LogP contribution in [-0.4, -0.2) is 19.1 Å². The van der Waals surface area contributed by atoms with E-state index in [0.717, 1.165) is 37.3 Å². The Kier molecular flexibility index (Phi) is 7.98. The van der Waals surface area contributed by atoms with E-state index >= 15 is 0 Å². The molecule has 0 aliphatic heterocycles. The third kappa shape index (κ3) is 5.58. The van der Waals surface area contributed by atoms with Crippen molar-refractivity contribution in [2.45, 2.75) is 78.1 Å². The summed E-state index contributed by atoms with van der Waals surface area (Å²) in [6.45, 7) is 13.7. The molecule has 4 aromatic heterocycles. The fourth-order valence-electron chi connectivity index (χ4n) is 10.8. The lowest BCUT2D eigenvalue weighted by Crippen LogP contribution is -2.16. The number of aryl methyl sites for hydroxylation is 4. The van der Waals surface area contributed by atoms with Crippen LogP contribution in [0.15, 0.2) is 146 Å². The molecule has 4 heteroatoms. The van der Waals surface area contributed by atoms with Gasteiger partial charge in [0.15, 0.2) is 0 Å². The first-order valence-electron chi connectivity index (χ1n) is 22.3. The standard InChI is InChI=1S/C58H50N4/c1-57(2,3)41-21-13-35(14-22-41)37-19-27-49-45(31-37)47-33-39-17-26-44-54-40(18-25-43(53(39)54)55(47)61(49)51-11-7-9-29-59-51)34-48-46-32-38(36-15-23-42(24-16-36)58(4,5)6)20-28-50(46)62(56(44)48)52-12-8-10-30-60-52/h7-16,19-24,27-34H,17-18,25-26H2,1-6H3. The van der Waals surface area contributed by atoms with Crippen molar-refractivity contribution in [3.8, 4) is 45.0 Å². The van der Waals surface area contributed by atoms with Crippen molar-refractivity contribution in [2.75, 3.05) is 0 Å². The molecule has 2 aliphatic carbocycles. The Morgan fingerprint density at radius 2 is 0.806 bits per heavy atom. The highest BCUT2D eigenvalue weighted by atomic mass is 15.1. The van der Waals surface area contributed by atoms with Gasteiger partial charge in [0.25, 0.3) is 0 Å². The van der Waals surface area contributed by atoms with Gasteiger partial charge in [0.1, 0.15) is 11.6 Å². The van der Waals surface area contributed by atoms with Crippen molar-refractivity contribution < 1.29 is 0 Å². The van der Waals surface area contributed by atoms with Crippen LogP contribution in [0.1, 0.15) is 74.9 Å². The molecule has 0 atom stereocenters. The van der Waals surface area contributed by atoms with Gasteiger partial charge in [-0.3, -0.25) is 9.13 Å². The average molecular weight is 803 g/mol. The molecule has 10 aromatic rings. The van der Waals surface area contributed by atoms with E-state index in [1.165, 1.54) is 110 Å². The molecule has 12 rings (SSSR count). The lowest BCUT2D eigenvalue weighted by Gasteiger charge is -2.31. The molecule has 0 saturated carbocycles. The van der Waals surface area contributed by atoms with Gasteiger partial charge in [-0.25, -0.2) is 9.97 Å². The van der Waals surface area contributed by atoms with Gasteiger partial charge in [-0.15, -0.1) is 0 Å². The highest BCUT2D eigenvalue weighted by Crippen LogP contribution is 2.51. The number of rotatable bonds is 4. The Balaban J connectivity index is 1.10. The Morgan fingerprint density at radius 1 is 0.403 bits per heavy atom. The molecule has 62 heavy (non-hydrogen) atoms. The summed E-state index contributed by atoms with van der Waals surface area (Å²) in [5.74, 6) is 1.92. The van der Waals surface area contributed by atoms with E-state index < -0.39 is 0 Å². The molecular weight excluding hydrogens is 753 g/mol. The second-order valence-electron chi connectivity index (χ2n) is 19.7. The molecule has 0 bridgehead atoms. The summed E-state index contributed by atoms with van der Waals surface area (Å²) in [6, 6.07) is 50.1. The van der Waals surface area contributed by atoms with Gasteiger partial charge in [-0.1, -0.05) is 114 Å². The van der Waals surface area contributed by atoms with Crippen LogP contribution in [0.4, 0.5) is 0 Å². The van der Waals surface area contributed by atoms with Crippen LogP contribution in [-0.2, 0) is 36.5 Å². The molecule has 4 nitrogen and oxygen atoms in total. The van der Waals surface area contributed by atoms with Crippen LogP contribution in [0, 0.1) is 0 Å². The molecule has 2 aliphatic rings. The maximum atomic E-state index is 4.99. The predicted octanol–water partition coefficient (Wildman–Crippen LogP) is 14.5. The van der Waals surface area contributed by atoms with E-state index in [9.17, 15) is 0 Å². The number of pyridine rings is 2. The first-order valence-corrected chi connectivity index (χ1v) is 22.3. The monoisotopic (exact) mass is 802 g/mol. The topological polar surface area (TPSA) is 35.6 Å². The van der Waals surface area contributed by atoms with Crippen LogP contribution in [0.3, 0.4) is 0 Å². The molecule has 0 radical (unpaired) electrons. The number of aromatic nitrogens is 4. The zero-order chi connectivity index (χ0) is 42.1. The molecular formula is C58H50N4. The van der Waals surface area contributed by atoms with Crippen LogP contribution >= 0.6 is 0 Å². The summed E-state index contributed by atoms with van der Waals surface area (Å²) in [5, 5.41) is 5.22. The van der Waals surface area contributed by atoms with Crippen molar-refractivity contribution in [2.24, 2.45) is 0 Å². The van der Waals surface area contributed by atoms with E-state index in [4.69, 9.17) is 9.97 Å². The molecule has 0 amide bonds. The second-order valence-corrected chi connectivity index (χ2v) is 19.7. The van der Waals surface area contributed by atoms with Crippen LogP contribution in [0.2, 0.25) is 0 Å². The lowest BCUT2D eigenvalue weighted by molar-refractivity contribution is 0.590. The minimum Gasteiger partial charge on any atom is -0.293 e. The van der Waals surface area contributed by atoms with Gasteiger partial charge in [-0.05, 0) is 164 Å². The van der Waals surface area contributed by atoms with Crippen LogP contribution in [0.25, 0.3) is 88.6 Å². The van der Waals surface area contributed by atoms with E-state index in [0.29, 0.717) is 0 Å². The lowest BCUT2D eigenvalue weighted by atomic mass is 9.74. The molecule has 0 fully saturated rings. The Bertz CT molecular complexity index is 3190. The van der Waals surface area contributed by atoms with Gasteiger partial charge in [0.2, 0.25) is 0 Å². The molecule has 0 spiro atoms. The summed E-state index contributed by atoms with van der Waals surface area (Å²) in [7, 11) is 0. The second kappa shape index (κ2) is 13.4. The SMILES string of the molecule is CC(C)(C)c1ccc(-c2ccc3c(c2)c2cc4c5c(c2n3-c2ccccn2)CCc2cc3c6cc(-c7ccc(C(C)(C)C)cc7)ccc6n(-c6ccccn6)c3c(c2-5)CC4)cc1. The number of benzene rings is 6. The Hall–Kier alpha value is -6.78. The summed E-state index contributed by atoms with van der Waals surface area (Å²) < 4.78 is 4.90. The zero-order valence-corrected chi connectivity index (χ0v) is 36.5. The third-order valence-corrected chi connectivity index (χ3v) is 13.9. The molecule has 0 N–H and O–H groups in total. The highest BCUT2D eigenvalue weighted by Gasteiger charge is 2.33. The van der Waals surface area contributed by atoms with E-state index in [2.05, 4.69) is 172 Å². The summed E-state index contributed by atoms with van der Waals surface area (Å²) >= 11 is 0. The van der Waals surface area contributed by atoms with E-state index in [1.54, 1.807) is 0 Å². The minimum atomic E-state index is 0.112. The van der Waals surface area contributed by atoms with Crippen molar-refractivity contribution in [1.29, 1.82) is 0 Å². The first-order chi connectivity index (χ1) is 30.0. The summed E-state index contributed by atoms with van der Waals surface area (Å²) in [4.78, 5) is 9.98. The van der Waals surface area contributed by atoms with Gasteiger partial charge in [0.05, 0.1) is 22.1 Å². The quantitative estimate of drug-likeness (QED) is 0.178. The fourth-order valence-corrected chi connectivity index (χ4v) is 10.8. The number of hydrogen-bond donors (Lipinski definition) is 0. The van der Waals surface area contributed by atoms with Crippen molar-refractivity contribution in [3.63, 3.8) is 0 Å². The van der Waals surface area contributed by atoms with Gasteiger partial charge < -0.3 is 0 Å². The molecule has 0 unspecified atom stereocenters. The maximum absolute atomic E-state index is 4.99. The largest absolute Gasteiger partial charge is 0.293 e. The van der Waals surface area contributed by atoms with E-state index in [1.807, 2.05) is 24.5 Å². The minimum absolute atomic E-state index is 0.112. The predicted molar refractivity (Wildman–Crippen MR) is 259 cm³/mol. The smallest absolute Gasteiger partial charge is 0.137 e.